The largest absolute Gasteiger partial charge is 0.507 e. The summed E-state index contributed by atoms with van der Waals surface area (Å²) in [5.41, 5.74) is 2.53. The smallest absolute Gasteiger partial charge is 0.336 e. The van der Waals surface area contributed by atoms with Gasteiger partial charge in [-0.25, -0.2) is 4.79 Å². The van der Waals surface area contributed by atoms with Gasteiger partial charge in [0.2, 0.25) is 0 Å². The second-order valence-electron chi connectivity index (χ2n) is 6.32. The third-order valence-electron chi connectivity index (χ3n) is 4.70. The first kappa shape index (κ1) is 15.9. The van der Waals surface area contributed by atoms with Crippen molar-refractivity contribution in [1.29, 1.82) is 0 Å². The summed E-state index contributed by atoms with van der Waals surface area (Å²) in [7, 11) is 0. The molecule has 1 aromatic heterocycles. The fraction of sp³-hybridized carbons (Fsp3) is 0.250. The van der Waals surface area contributed by atoms with Crippen molar-refractivity contribution in [2.75, 3.05) is 26.3 Å². The van der Waals surface area contributed by atoms with Crippen LogP contribution in [0.25, 0.3) is 22.1 Å². The van der Waals surface area contributed by atoms with E-state index in [9.17, 15) is 9.90 Å². The van der Waals surface area contributed by atoms with Gasteiger partial charge < -0.3 is 19.2 Å². The maximum Gasteiger partial charge on any atom is 0.336 e. The number of rotatable bonds is 3. The number of hydrogen-bond donors (Lipinski definition) is 2. The Morgan fingerprint density at radius 1 is 1.04 bits per heavy atom. The zero-order chi connectivity index (χ0) is 17.2. The molecule has 0 amide bonds. The molecule has 1 aliphatic heterocycles. The van der Waals surface area contributed by atoms with E-state index >= 15 is 0 Å². The fourth-order valence-electron chi connectivity index (χ4n) is 3.39. The van der Waals surface area contributed by atoms with Gasteiger partial charge in [-0.3, -0.25) is 0 Å². The van der Waals surface area contributed by atoms with Gasteiger partial charge in [-0.15, -0.1) is 0 Å². The van der Waals surface area contributed by atoms with Gasteiger partial charge in [0.05, 0.1) is 18.8 Å². The maximum atomic E-state index is 12.2. The minimum absolute atomic E-state index is 0.167. The minimum Gasteiger partial charge on any atom is -0.507 e. The lowest BCUT2D eigenvalue weighted by Crippen LogP contribution is -3.12. The molecule has 2 heterocycles. The van der Waals surface area contributed by atoms with Gasteiger partial charge in [0.15, 0.2) is 5.58 Å². The molecule has 1 fully saturated rings. The molecule has 0 spiro atoms. The summed E-state index contributed by atoms with van der Waals surface area (Å²) in [5.74, 6) is 0.167. The van der Waals surface area contributed by atoms with Crippen LogP contribution in [0.3, 0.4) is 0 Å². The highest BCUT2D eigenvalue weighted by Crippen LogP contribution is 2.32. The SMILES string of the molecule is O=c1cc(-c2ccccc2)c2ccc(O)c(C[NH+]3CCOCC3)c2o1. The van der Waals surface area contributed by atoms with Crippen LogP contribution in [0.1, 0.15) is 5.56 Å². The molecule has 0 aliphatic carbocycles. The van der Waals surface area contributed by atoms with Crippen molar-refractivity contribution < 1.29 is 19.2 Å². The van der Waals surface area contributed by atoms with Crippen molar-refractivity contribution in [2.45, 2.75) is 6.54 Å². The van der Waals surface area contributed by atoms with Gasteiger partial charge in [0, 0.05) is 11.5 Å². The number of phenols is 1. The summed E-state index contributed by atoms with van der Waals surface area (Å²) in [4.78, 5) is 13.5. The number of quaternary nitrogens is 1. The summed E-state index contributed by atoms with van der Waals surface area (Å²) in [6.45, 7) is 3.77. The van der Waals surface area contributed by atoms with E-state index in [0.29, 0.717) is 30.9 Å². The fourth-order valence-corrected chi connectivity index (χ4v) is 3.39. The molecular formula is C20H20NO4+. The number of hydrogen-bond acceptors (Lipinski definition) is 4. The summed E-state index contributed by atoms with van der Waals surface area (Å²) in [5, 5.41) is 11.2. The van der Waals surface area contributed by atoms with Gasteiger partial charge in [-0.1, -0.05) is 30.3 Å². The first-order valence-corrected chi connectivity index (χ1v) is 8.48. The summed E-state index contributed by atoms with van der Waals surface area (Å²) < 4.78 is 10.9. The molecule has 0 atom stereocenters. The van der Waals surface area contributed by atoms with E-state index < -0.39 is 5.63 Å². The molecule has 0 saturated carbocycles. The van der Waals surface area contributed by atoms with Crippen molar-refractivity contribution in [3.63, 3.8) is 0 Å². The quantitative estimate of drug-likeness (QED) is 0.712. The van der Waals surface area contributed by atoms with Gasteiger partial charge in [-0.2, -0.15) is 0 Å². The second kappa shape index (κ2) is 6.70. The molecule has 5 heteroatoms. The molecule has 25 heavy (non-hydrogen) atoms. The lowest BCUT2D eigenvalue weighted by molar-refractivity contribution is -0.921. The highest BCUT2D eigenvalue weighted by Gasteiger charge is 2.21. The van der Waals surface area contributed by atoms with Gasteiger partial charge in [0.1, 0.15) is 25.4 Å². The van der Waals surface area contributed by atoms with Crippen LogP contribution in [0.5, 0.6) is 5.75 Å². The van der Waals surface area contributed by atoms with Crippen LogP contribution in [-0.2, 0) is 11.3 Å². The standard InChI is InChI=1S/C20H19NO4/c22-18-7-6-15-16(14-4-2-1-3-5-14)12-19(23)25-20(15)17(18)13-21-8-10-24-11-9-21/h1-7,12,22H,8-11,13H2/p+1. The van der Waals surface area contributed by atoms with Crippen LogP contribution in [0.15, 0.2) is 57.7 Å². The summed E-state index contributed by atoms with van der Waals surface area (Å²) >= 11 is 0. The Kier molecular flexibility index (Phi) is 4.26. The van der Waals surface area contributed by atoms with Crippen LogP contribution < -0.4 is 10.5 Å². The van der Waals surface area contributed by atoms with Crippen LogP contribution >= 0.6 is 0 Å². The lowest BCUT2D eigenvalue weighted by Gasteiger charge is -2.24. The number of morpholine rings is 1. The van der Waals surface area contributed by atoms with Crippen LogP contribution in [-0.4, -0.2) is 31.4 Å². The third kappa shape index (κ3) is 3.16. The Hall–Kier alpha value is -2.63. The Balaban J connectivity index is 1.87. The molecule has 3 aromatic rings. The predicted molar refractivity (Wildman–Crippen MR) is 94.8 cm³/mol. The lowest BCUT2D eigenvalue weighted by atomic mass is 9.99. The van der Waals surface area contributed by atoms with E-state index in [2.05, 4.69) is 0 Å². The molecule has 1 saturated heterocycles. The van der Waals surface area contributed by atoms with E-state index in [0.717, 1.165) is 29.6 Å². The van der Waals surface area contributed by atoms with E-state index in [1.54, 1.807) is 6.07 Å². The number of ether oxygens (including phenoxy) is 1. The molecule has 0 unspecified atom stereocenters. The molecule has 0 radical (unpaired) electrons. The van der Waals surface area contributed by atoms with Crippen LogP contribution in [0.2, 0.25) is 0 Å². The number of phenolic OH excluding ortho intramolecular Hbond substituents is 1. The summed E-state index contributed by atoms with van der Waals surface area (Å²) in [6.07, 6.45) is 0. The minimum atomic E-state index is -0.407. The molecule has 2 aromatic carbocycles. The molecule has 2 N–H and O–H groups in total. The Labute approximate surface area is 145 Å². The molecular weight excluding hydrogens is 318 g/mol. The van der Waals surface area contributed by atoms with Crippen molar-refractivity contribution in [3.05, 3.63) is 64.5 Å². The average Bonchev–Trinajstić information content (AvgIpc) is 2.65. The average molecular weight is 338 g/mol. The maximum absolute atomic E-state index is 12.2. The van der Waals surface area contributed by atoms with E-state index in [1.807, 2.05) is 36.4 Å². The zero-order valence-corrected chi connectivity index (χ0v) is 13.8. The van der Waals surface area contributed by atoms with Crippen LogP contribution in [0.4, 0.5) is 0 Å². The van der Waals surface area contributed by atoms with Crippen molar-refractivity contribution >= 4 is 11.0 Å². The zero-order valence-electron chi connectivity index (χ0n) is 13.8. The summed E-state index contributed by atoms with van der Waals surface area (Å²) in [6, 6.07) is 14.8. The first-order chi connectivity index (χ1) is 12.2. The molecule has 4 rings (SSSR count). The van der Waals surface area contributed by atoms with Crippen molar-refractivity contribution in [1.82, 2.24) is 0 Å². The second-order valence-corrected chi connectivity index (χ2v) is 6.32. The first-order valence-electron chi connectivity index (χ1n) is 8.48. The molecule has 5 nitrogen and oxygen atoms in total. The number of fused-ring (bicyclic) bond motifs is 1. The molecule has 0 bridgehead atoms. The number of nitrogens with one attached hydrogen (secondary N) is 1. The van der Waals surface area contributed by atoms with Crippen molar-refractivity contribution in [3.8, 4) is 16.9 Å². The number of aromatic hydroxyl groups is 1. The van der Waals surface area contributed by atoms with Crippen LogP contribution in [0, 0.1) is 0 Å². The predicted octanol–water partition coefficient (Wildman–Crippen LogP) is 1.58. The normalized spacial score (nSPS) is 15.5. The Bertz CT molecular complexity index is 943. The van der Waals surface area contributed by atoms with E-state index in [4.69, 9.17) is 9.15 Å². The van der Waals surface area contributed by atoms with Crippen molar-refractivity contribution in [2.24, 2.45) is 0 Å². The number of benzene rings is 2. The monoisotopic (exact) mass is 338 g/mol. The Morgan fingerprint density at radius 2 is 1.80 bits per heavy atom. The van der Waals surface area contributed by atoms with E-state index in [1.165, 1.54) is 11.0 Å². The molecule has 128 valence electrons. The Morgan fingerprint density at radius 3 is 2.56 bits per heavy atom. The van der Waals surface area contributed by atoms with E-state index in [-0.39, 0.29) is 5.75 Å². The molecule has 1 aliphatic rings. The van der Waals surface area contributed by atoms with Gasteiger partial charge in [-0.05, 0) is 23.3 Å². The highest BCUT2D eigenvalue weighted by molar-refractivity contribution is 5.95. The third-order valence-corrected chi connectivity index (χ3v) is 4.70. The topological polar surface area (TPSA) is 64.1 Å². The highest BCUT2D eigenvalue weighted by atomic mass is 16.5. The van der Waals surface area contributed by atoms with Gasteiger partial charge in [0.25, 0.3) is 0 Å². The van der Waals surface area contributed by atoms with Gasteiger partial charge >= 0.3 is 5.63 Å².